The third kappa shape index (κ3) is 9.49. The van der Waals surface area contributed by atoms with Crippen molar-refractivity contribution in [2.45, 2.75) is 157 Å². The Morgan fingerprint density at radius 3 is 1.26 bits per heavy atom. The topological polar surface area (TPSA) is 32.5 Å². The maximum atomic E-state index is 7.00. The highest BCUT2D eigenvalue weighted by molar-refractivity contribution is 7.00. The van der Waals surface area contributed by atoms with E-state index in [4.69, 9.17) is 9.40 Å². The van der Waals surface area contributed by atoms with Crippen LogP contribution in [0.25, 0.3) is 44.8 Å². The number of hydrogen-bond donors (Lipinski definition) is 0. The lowest BCUT2D eigenvalue weighted by Crippen LogP contribution is -2.61. The molecule has 0 radical (unpaired) electrons. The van der Waals surface area contributed by atoms with Gasteiger partial charge in [0.15, 0.2) is 5.58 Å². The smallest absolute Gasteiger partial charge is 0.252 e. The van der Waals surface area contributed by atoms with Gasteiger partial charge < -0.3 is 14.2 Å². The fourth-order valence-electron chi connectivity index (χ4n) is 11.6. The number of oxazole rings is 1. The predicted octanol–water partition coefficient (Wildman–Crippen LogP) is 18.7. The van der Waals surface area contributed by atoms with Crippen molar-refractivity contribution in [1.82, 2.24) is 4.98 Å². The normalized spacial score (nSPS) is 13.9. The lowest BCUT2D eigenvalue weighted by atomic mass is 9.33. The lowest BCUT2D eigenvalue weighted by Gasteiger charge is -2.45. The van der Waals surface area contributed by atoms with Crippen LogP contribution in [0.15, 0.2) is 162 Å². The Hall–Kier alpha value is -7.11. The molecule has 5 heteroatoms. The predicted molar refractivity (Wildman–Crippen MR) is 337 cm³/mol. The molecule has 0 aliphatic carbocycles. The average molecular weight is 1030 g/mol. The fourth-order valence-corrected chi connectivity index (χ4v) is 11.6. The summed E-state index contributed by atoms with van der Waals surface area (Å²) >= 11 is 0. The van der Waals surface area contributed by atoms with Crippen molar-refractivity contribution in [2.75, 3.05) is 9.80 Å². The molecule has 8 aromatic carbocycles. The van der Waals surface area contributed by atoms with E-state index in [9.17, 15) is 0 Å². The van der Waals surface area contributed by atoms with Crippen LogP contribution >= 0.6 is 0 Å². The number of benzene rings is 8. The first-order chi connectivity index (χ1) is 36.4. The molecular formula is C73H80BN3O. The Kier molecular flexibility index (Phi) is 12.4. The molecule has 78 heavy (non-hydrogen) atoms. The Morgan fingerprint density at radius 2 is 0.744 bits per heavy atom. The minimum absolute atomic E-state index is 0.0164. The molecule has 1 aromatic heterocycles. The highest BCUT2D eigenvalue weighted by atomic mass is 16.3. The maximum Gasteiger partial charge on any atom is 0.252 e. The van der Waals surface area contributed by atoms with Gasteiger partial charge >= 0.3 is 0 Å². The van der Waals surface area contributed by atoms with Gasteiger partial charge in [0.05, 0.1) is 5.69 Å². The second-order valence-corrected chi connectivity index (χ2v) is 28.7. The van der Waals surface area contributed by atoms with Crippen molar-refractivity contribution >= 4 is 68.3 Å². The molecule has 0 bridgehead atoms. The lowest BCUT2D eigenvalue weighted by molar-refractivity contribution is 0.589. The highest BCUT2D eigenvalue weighted by Gasteiger charge is 2.45. The molecule has 9 aromatic rings. The minimum atomic E-state index is -0.179. The SMILES string of the molecule is CC(C)(C)c1ccc(-c2ccc(-c3nc4cc5c(cc4o3)N(c3ccc(C(C)(C)C)cc3-c3ccc(C(C)(C)C)cc3)c3cc(C(C)(C)C)cc4c3B5c3cc(C(C)(C)C)ccc3N4c3ccc(C(C)(C)C)cc3)cc2)cc1. The summed E-state index contributed by atoms with van der Waals surface area (Å²) in [4.78, 5) is 10.5. The second kappa shape index (κ2) is 18.2. The number of fused-ring (bicyclic) bond motifs is 5. The number of anilines is 6. The molecule has 0 N–H and O–H groups in total. The third-order valence-corrected chi connectivity index (χ3v) is 16.7. The van der Waals surface area contributed by atoms with Crippen molar-refractivity contribution < 1.29 is 4.42 Å². The summed E-state index contributed by atoms with van der Waals surface area (Å²) in [6.45, 7) is 41.4. The van der Waals surface area contributed by atoms with Gasteiger partial charge in [-0.05, 0) is 160 Å². The zero-order valence-electron chi connectivity index (χ0n) is 49.8. The minimum Gasteiger partial charge on any atom is -0.436 e. The third-order valence-electron chi connectivity index (χ3n) is 16.7. The zero-order chi connectivity index (χ0) is 55.8. The van der Waals surface area contributed by atoms with Crippen LogP contribution in [-0.4, -0.2) is 11.7 Å². The molecule has 4 nitrogen and oxygen atoms in total. The van der Waals surface area contributed by atoms with Crippen LogP contribution < -0.4 is 26.2 Å². The molecule has 0 spiro atoms. The van der Waals surface area contributed by atoms with Crippen molar-refractivity contribution in [3.63, 3.8) is 0 Å². The van der Waals surface area contributed by atoms with Crippen LogP contribution in [-0.2, 0) is 32.5 Å². The van der Waals surface area contributed by atoms with Gasteiger partial charge in [0, 0.05) is 45.6 Å². The van der Waals surface area contributed by atoms with Gasteiger partial charge in [0.25, 0.3) is 6.71 Å². The monoisotopic (exact) mass is 1030 g/mol. The van der Waals surface area contributed by atoms with E-state index < -0.39 is 0 Å². The molecule has 0 unspecified atom stereocenters. The van der Waals surface area contributed by atoms with Crippen molar-refractivity contribution in [3.8, 4) is 33.7 Å². The van der Waals surface area contributed by atoms with Gasteiger partial charge in [-0.2, -0.15) is 0 Å². The van der Waals surface area contributed by atoms with Crippen LogP contribution in [0.5, 0.6) is 0 Å². The molecule has 3 heterocycles. The van der Waals surface area contributed by atoms with E-state index in [0.717, 1.165) is 39.3 Å². The van der Waals surface area contributed by atoms with Gasteiger partial charge in [-0.25, -0.2) is 4.98 Å². The first-order valence-electron chi connectivity index (χ1n) is 28.4. The Labute approximate surface area is 467 Å². The first-order valence-corrected chi connectivity index (χ1v) is 28.4. The standard InChI is InChI=1S/C73H80BN3O/c1-68(2,3)49-27-23-46(24-28-49)45-19-21-48(22-20-45)67-75-59-43-58-62(44-65(59)78-67)77(60-37-33-52(71(10,11)12)39-56(60)47-25-29-50(30-26-47)69(4,5)6)64-42-54(73(16,17)18)41-63-66(64)74(58)57-40-53(72(13,14)15)34-38-61(57)76(63)55-35-31-51(32-36-55)70(7,8)9/h19-44H,1-18H3. The van der Waals surface area contributed by atoms with E-state index in [0.29, 0.717) is 5.89 Å². The van der Waals surface area contributed by atoms with E-state index in [1.54, 1.807) is 0 Å². The average Bonchev–Trinajstić information content (AvgIpc) is 3.95. The first kappa shape index (κ1) is 52.9. The molecule has 0 atom stereocenters. The van der Waals surface area contributed by atoms with Crippen molar-refractivity contribution in [1.29, 1.82) is 0 Å². The van der Waals surface area contributed by atoms with E-state index >= 15 is 0 Å². The molecule has 0 saturated heterocycles. The van der Waals surface area contributed by atoms with Gasteiger partial charge in [-0.1, -0.05) is 216 Å². The van der Waals surface area contributed by atoms with Gasteiger partial charge in [-0.15, -0.1) is 0 Å². The number of rotatable bonds is 5. The summed E-state index contributed by atoms with van der Waals surface area (Å²) < 4.78 is 7.00. The number of nitrogens with zero attached hydrogens (tertiary/aromatic N) is 3. The van der Waals surface area contributed by atoms with Crippen LogP contribution in [0.3, 0.4) is 0 Å². The molecule has 0 amide bonds. The van der Waals surface area contributed by atoms with Crippen molar-refractivity contribution in [3.05, 3.63) is 191 Å². The highest BCUT2D eigenvalue weighted by Crippen LogP contribution is 2.50. The molecule has 11 rings (SSSR count). The second-order valence-electron chi connectivity index (χ2n) is 28.7. The van der Waals surface area contributed by atoms with Gasteiger partial charge in [0.1, 0.15) is 5.52 Å². The van der Waals surface area contributed by atoms with E-state index in [-0.39, 0.29) is 39.2 Å². The molecule has 2 aliphatic heterocycles. The fraction of sp³-hybridized carbons (Fsp3) is 0.329. The van der Waals surface area contributed by atoms with Crippen LogP contribution in [0.4, 0.5) is 34.1 Å². The van der Waals surface area contributed by atoms with Crippen LogP contribution in [0, 0.1) is 0 Å². The molecule has 396 valence electrons. The summed E-state index contributed by atoms with van der Waals surface area (Å²) in [6.07, 6.45) is 0. The Morgan fingerprint density at radius 1 is 0.333 bits per heavy atom. The maximum absolute atomic E-state index is 7.00. The van der Waals surface area contributed by atoms with Gasteiger partial charge in [-0.3, -0.25) is 0 Å². The Bertz CT molecular complexity index is 3760. The largest absolute Gasteiger partial charge is 0.436 e. The molecule has 0 fully saturated rings. The van der Waals surface area contributed by atoms with Crippen molar-refractivity contribution in [2.24, 2.45) is 0 Å². The van der Waals surface area contributed by atoms with Crippen LogP contribution in [0.1, 0.15) is 158 Å². The summed E-state index contributed by atoms with van der Waals surface area (Å²) in [5, 5.41) is 0. The summed E-state index contributed by atoms with van der Waals surface area (Å²) in [7, 11) is 0. The van der Waals surface area contributed by atoms with E-state index in [2.05, 4.69) is 292 Å². The number of aromatic nitrogens is 1. The molecule has 0 saturated carbocycles. The zero-order valence-corrected chi connectivity index (χ0v) is 49.8. The Balaban J connectivity index is 1.20. The number of hydrogen-bond acceptors (Lipinski definition) is 4. The quantitative estimate of drug-likeness (QED) is 0.161. The summed E-state index contributed by atoms with van der Waals surface area (Å²) in [5.74, 6) is 0.611. The van der Waals surface area contributed by atoms with Gasteiger partial charge in [0.2, 0.25) is 5.89 Å². The van der Waals surface area contributed by atoms with Crippen LogP contribution in [0.2, 0.25) is 0 Å². The summed E-state index contributed by atoms with van der Waals surface area (Å²) in [5.41, 5.74) is 25.6. The molecular weight excluding hydrogens is 946 g/mol. The van der Waals surface area contributed by atoms with E-state index in [1.165, 1.54) is 83.5 Å². The van der Waals surface area contributed by atoms with E-state index in [1.807, 2.05) is 0 Å². The summed E-state index contributed by atoms with van der Waals surface area (Å²) in [6, 6.07) is 60.5. The molecule has 2 aliphatic rings.